The number of aromatic nitrogens is 1. The Labute approximate surface area is 242 Å². The third kappa shape index (κ3) is 7.15. The van der Waals surface area contributed by atoms with Crippen LogP contribution in [-0.2, 0) is 14.3 Å². The molecule has 218 valence electrons. The van der Waals surface area contributed by atoms with E-state index in [0.29, 0.717) is 41.7 Å². The zero-order valence-electron chi connectivity index (χ0n) is 23.6. The highest BCUT2D eigenvalue weighted by Gasteiger charge is 2.33. The maximum absolute atomic E-state index is 13.4. The number of ether oxygens (including phenoxy) is 2. The number of esters is 1. The van der Waals surface area contributed by atoms with Crippen molar-refractivity contribution >= 4 is 58.0 Å². The van der Waals surface area contributed by atoms with Gasteiger partial charge in [0.05, 0.1) is 17.7 Å². The molecular formula is C29H33ClN4O7. The summed E-state index contributed by atoms with van der Waals surface area (Å²) in [6, 6.07) is 7.60. The van der Waals surface area contributed by atoms with Crippen LogP contribution in [0.1, 0.15) is 67.4 Å². The Hall–Kier alpha value is -4.12. The summed E-state index contributed by atoms with van der Waals surface area (Å²) in [4.78, 5) is 57.0. The second-order valence-electron chi connectivity index (χ2n) is 10.9. The molecule has 41 heavy (non-hydrogen) atoms. The Kier molecular flexibility index (Phi) is 8.86. The Morgan fingerprint density at radius 2 is 1.76 bits per heavy atom. The summed E-state index contributed by atoms with van der Waals surface area (Å²) in [6.45, 7) is 5.44. The van der Waals surface area contributed by atoms with Crippen LogP contribution in [0.15, 0.2) is 40.9 Å². The molecule has 2 aromatic heterocycles. The highest BCUT2D eigenvalue weighted by Crippen LogP contribution is 2.35. The largest absolute Gasteiger partial charge is 0.465 e. The van der Waals surface area contributed by atoms with Crippen molar-refractivity contribution in [3.05, 3.63) is 52.9 Å². The molecule has 0 atom stereocenters. The van der Waals surface area contributed by atoms with Gasteiger partial charge in [0.25, 0.3) is 5.91 Å². The van der Waals surface area contributed by atoms with E-state index < -0.39 is 23.6 Å². The molecule has 3 aromatic rings. The van der Waals surface area contributed by atoms with Gasteiger partial charge in [-0.25, -0.2) is 14.6 Å². The van der Waals surface area contributed by atoms with Gasteiger partial charge in [0, 0.05) is 30.6 Å². The highest BCUT2D eigenvalue weighted by atomic mass is 35.5. The second-order valence-corrected chi connectivity index (χ2v) is 11.3. The summed E-state index contributed by atoms with van der Waals surface area (Å²) in [5.74, 6) is -1.79. The number of benzene rings is 1. The van der Waals surface area contributed by atoms with Crippen LogP contribution in [-0.4, -0.2) is 59.6 Å². The Morgan fingerprint density at radius 3 is 2.37 bits per heavy atom. The number of amides is 3. The molecule has 1 fully saturated rings. The average molecular weight is 585 g/mol. The molecule has 4 rings (SSSR count). The van der Waals surface area contributed by atoms with Crippen molar-refractivity contribution in [2.24, 2.45) is 5.92 Å². The van der Waals surface area contributed by atoms with E-state index in [1.807, 2.05) is 20.8 Å². The van der Waals surface area contributed by atoms with E-state index in [-0.39, 0.29) is 40.7 Å². The first-order chi connectivity index (χ1) is 19.4. The van der Waals surface area contributed by atoms with Gasteiger partial charge in [-0.2, -0.15) is 0 Å². The quantitative estimate of drug-likeness (QED) is 0.342. The van der Waals surface area contributed by atoms with Gasteiger partial charge in [0.15, 0.2) is 0 Å². The van der Waals surface area contributed by atoms with Crippen LogP contribution >= 0.6 is 11.6 Å². The van der Waals surface area contributed by atoms with E-state index in [9.17, 15) is 19.2 Å². The van der Waals surface area contributed by atoms with Crippen LogP contribution in [0.3, 0.4) is 0 Å². The van der Waals surface area contributed by atoms with Gasteiger partial charge in [-0.05, 0) is 76.8 Å². The fraction of sp³-hybridized carbons (Fsp3) is 0.414. The maximum atomic E-state index is 13.4. The zero-order valence-corrected chi connectivity index (χ0v) is 24.3. The molecule has 2 N–H and O–H groups in total. The van der Waals surface area contributed by atoms with Crippen molar-refractivity contribution in [3.63, 3.8) is 0 Å². The Morgan fingerprint density at radius 1 is 1.05 bits per heavy atom. The van der Waals surface area contributed by atoms with E-state index in [4.69, 9.17) is 25.5 Å². The molecule has 0 radical (unpaired) electrons. The summed E-state index contributed by atoms with van der Waals surface area (Å²) >= 11 is 5.89. The Balaban J connectivity index is 1.54. The van der Waals surface area contributed by atoms with E-state index in [2.05, 4.69) is 15.6 Å². The third-order valence-corrected chi connectivity index (χ3v) is 7.05. The van der Waals surface area contributed by atoms with Gasteiger partial charge >= 0.3 is 12.1 Å². The lowest BCUT2D eigenvalue weighted by Gasteiger charge is -2.35. The van der Waals surface area contributed by atoms with Crippen LogP contribution in [0.4, 0.5) is 16.3 Å². The number of nitrogens with one attached hydrogen (secondary N) is 2. The van der Waals surface area contributed by atoms with Crippen LogP contribution in [0.5, 0.6) is 0 Å². The third-order valence-electron chi connectivity index (χ3n) is 6.83. The smallest absolute Gasteiger partial charge is 0.410 e. The molecule has 12 heteroatoms. The highest BCUT2D eigenvalue weighted by molar-refractivity contribution is 6.30. The molecule has 1 aliphatic rings. The molecule has 1 aromatic carbocycles. The molecule has 0 bridgehead atoms. The van der Waals surface area contributed by atoms with Gasteiger partial charge in [0.1, 0.15) is 22.7 Å². The molecule has 1 saturated carbocycles. The topological polar surface area (TPSA) is 140 Å². The minimum atomic E-state index is -0.645. The van der Waals surface area contributed by atoms with Gasteiger partial charge in [-0.1, -0.05) is 11.6 Å². The van der Waals surface area contributed by atoms with E-state index in [1.165, 1.54) is 37.6 Å². The molecule has 0 aliphatic heterocycles. The van der Waals surface area contributed by atoms with Crippen LogP contribution in [0.25, 0.3) is 11.0 Å². The number of hydrogen-bond acceptors (Lipinski definition) is 8. The number of pyridine rings is 1. The van der Waals surface area contributed by atoms with Crippen LogP contribution in [0.2, 0.25) is 5.02 Å². The first kappa shape index (κ1) is 29.9. The number of furan rings is 1. The molecule has 11 nitrogen and oxygen atoms in total. The molecular weight excluding hydrogens is 552 g/mol. The zero-order chi connectivity index (χ0) is 29.9. The van der Waals surface area contributed by atoms with Gasteiger partial charge in [-0.3, -0.25) is 9.59 Å². The molecule has 1 aliphatic carbocycles. The number of carbonyl (C=O) groups is 4. The maximum Gasteiger partial charge on any atom is 0.410 e. The van der Waals surface area contributed by atoms with Crippen molar-refractivity contribution in [3.8, 4) is 0 Å². The van der Waals surface area contributed by atoms with Crippen molar-refractivity contribution < 1.29 is 33.1 Å². The Bertz CT molecular complexity index is 1450. The normalized spacial score (nSPS) is 17.0. The number of carbonyl (C=O) groups excluding carboxylic acids is 4. The van der Waals surface area contributed by atoms with E-state index in [1.54, 1.807) is 18.0 Å². The monoisotopic (exact) mass is 584 g/mol. The first-order valence-electron chi connectivity index (χ1n) is 13.2. The van der Waals surface area contributed by atoms with E-state index >= 15 is 0 Å². The molecule has 2 heterocycles. The number of hydrogen-bond donors (Lipinski definition) is 2. The standard InChI is InChI=1S/C29H33ClN4O7/c1-29(2,3)41-28(38)34(4)19-10-6-16(7-11-19)25(35)33-23-20-14-17(27(37)39-5)8-12-21(20)40-24(23)26(36)32-22-13-9-18(30)15-31-22/h8-9,12-16,19H,6-7,10-11H2,1-5H3,(H,33,35)(H,31,32,36)/t16-,19-. The van der Waals surface area contributed by atoms with Crippen molar-refractivity contribution in [2.45, 2.75) is 58.1 Å². The molecule has 0 unspecified atom stereocenters. The SMILES string of the molecule is COC(=O)c1ccc2oc(C(=O)Nc3ccc(Cl)cn3)c(NC(=O)[C@H]3CC[C@H](N(C)C(=O)OC(C)(C)C)CC3)c2c1. The number of methoxy groups -OCH3 is 1. The number of rotatable bonds is 6. The lowest BCUT2D eigenvalue weighted by molar-refractivity contribution is -0.121. The summed E-state index contributed by atoms with van der Waals surface area (Å²) < 4.78 is 16.1. The minimum Gasteiger partial charge on any atom is -0.465 e. The molecule has 3 amide bonds. The molecule has 0 saturated heterocycles. The summed E-state index contributed by atoms with van der Waals surface area (Å²) in [5, 5.41) is 6.28. The summed E-state index contributed by atoms with van der Waals surface area (Å²) in [5.41, 5.74) is 0.0605. The van der Waals surface area contributed by atoms with Crippen LogP contribution in [0, 0.1) is 5.92 Å². The van der Waals surface area contributed by atoms with Gasteiger partial charge in [0.2, 0.25) is 11.7 Å². The summed E-state index contributed by atoms with van der Waals surface area (Å²) in [7, 11) is 2.97. The predicted octanol–water partition coefficient (Wildman–Crippen LogP) is 5.88. The number of anilines is 2. The van der Waals surface area contributed by atoms with Gasteiger partial charge in [-0.15, -0.1) is 0 Å². The lowest BCUT2D eigenvalue weighted by atomic mass is 9.85. The number of nitrogens with zero attached hydrogens (tertiary/aromatic N) is 2. The van der Waals surface area contributed by atoms with Crippen molar-refractivity contribution in [2.75, 3.05) is 24.8 Å². The number of halogens is 1. The van der Waals surface area contributed by atoms with E-state index in [0.717, 1.165) is 0 Å². The summed E-state index contributed by atoms with van der Waals surface area (Å²) in [6.07, 6.45) is 3.27. The fourth-order valence-corrected chi connectivity index (χ4v) is 4.79. The minimum absolute atomic E-state index is 0.0560. The molecule has 0 spiro atoms. The van der Waals surface area contributed by atoms with Crippen molar-refractivity contribution in [1.29, 1.82) is 0 Å². The lowest BCUT2D eigenvalue weighted by Crippen LogP contribution is -2.43. The van der Waals surface area contributed by atoms with Gasteiger partial charge < -0.3 is 29.4 Å². The first-order valence-corrected chi connectivity index (χ1v) is 13.6. The second kappa shape index (κ2) is 12.2. The average Bonchev–Trinajstić information content (AvgIpc) is 3.30. The number of fused-ring (bicyclic) bond motifs is 1. The van der Waals surface area contributed by atoms with Crippen molar-refractivity contribution in [1.82, 2.24) is 9.88 Å². The van der Waals surface area contributed by atoms with Crippen LogP contribution < -0.4 is 10.6 Å². The predicted molar refractivity (Wildman–Crippen MR) is 153 cm³/mol. The fourth-order valence-electron chi connectivity index (χ4n) is 4.68.